The smallest absolute Gasteiger partial charge is 0.0619 e. The number of rotatable bonds is 6. The molecule has 0 fully saturated rings. The van der Waals surface area contributed by atoms with Gasteiger partial charge in [0.05, 0.1) is 11.4 Å². The first-order valence-electron chi connectivity index (χ1n) is 20.6. The standard InChI is InChI=1S/C54H62N2/c1-51(2,3)37-21-29-41(30-22-37)55(42-31-23-38(24-32-42)52(4,5)6)49-45-17-13-15-19-47(45)50(48-20-16-14-18-46(48)49)56(43-33-25-39(26-34-43)53(7,8)9)44-35-27-40(28-36-44)54(10,11)12/h13-27,29-36,40H,28H2,1-12H3. The molecule has 1 atom stereocenters. The summed E-state index contributed by atoms with van der Waals surface area (Å²) in [6, 6.07) is 45.8. The second-order valence-corrected chi connectivity index (χ2v) is 20.0. The zero-order valence-electron chi connectivity index (χ0n) is 36.0. The van der Waals surface area contributed by atoms with Gasteiger partial charge in [0.2, 0.25) is 0 Å². The van der Waals surface area contributed by atoms with Crippen molar-refractivity contribution >= 4 is 50.0 Å². The summed E-state index contributed by atoms with van der Waals surface area (Å²) in [5, 5.41) is 4.86. The van der Waals surface area contributed by atoms with E-state index in [9.17, 15) is 0 Å². The molecule has 6 aromatic rings. The Labute approximate surface area is 337 Å². The monoisotopic (exact) mass is 738 g/mol. The van der Waals surface area contributed by atoms with Crippen LogP contribution in [0.25, 0.3) is 21.5 Å². The normalized spacial score (nSPS) is 15.3. The maximum atomic E-state index is 2.52. The number of hydrogen-bond acceptors (Lipinski definition) is 2. The average Bonchev–Trinajstić information content (AvgIpc) is 3.15. The van der Waals surface area contributed by atoms with Crippen LogP contribution in [0.4, 0.5) is 28.4 Å². The first-order chi connectivity index (χ1) is 26.3. The second-order valence-electron chi connectivity index (χ2n) is 20.0. The van der Waals surface area contributed by atoms with Crippen LogP contribution in [0.1, 0.15) is 106 Å². The lowest BCUT2D eigenvalue weighted by Gasteiger charge is -2.36. The minimum absolute atomic E-state index is 0.0580. The Balaban J connectivity index is 1.53. The van der Waals surface area contributed by atoms with E-state index in [1.807, 2.05) is 0 Å². The van der Waals surface area contributed by atoms with E-state index in [-0.39, 0.29) is 21.7 Å². The van der Waals surface area contributed by atoms with Gasteiger partial charge in [-0.05, 0) is 93.2 Å². The molecule has 0 aliphatic heterocycles. The highest BCUT2D eigenvalue weighted by Gasteiger charge is 2.29. The van der Waals surface area contributed by atoms with Crippen molar-refractivity contribution in [2.24, 2.45) is 11.3 Å². The van der Waals surface area contributed by atoms with Crippen LogP contribution in [0.15, 0.2) is 145 Å². The molecular formula is C54H62N2. The predicted octanol–water partition coefficient (Wildman–Crippen LogP) is 16.0. The molecule has 7 rings (SSSR count). The molecule has 1 unspecified atom stereocenters. The highest BCUT2D eigenvalue weighted by molar-refractivity contribution is 6.22. The van der Waals surface area contributed by atoms with Crippen LogP contribution in [0, 0.1) is 11.3 Å². The van der Waals surface area contributed by atoms with Crippen LogP contribution in [-0.4, -0.2) is 0 Å². The van der Waals surface area contributed by atoms with Crippen molar-refractivity contribution in [3.8, 4) is 0 Å². The zero-order valence-corrected chi connectivity index (χ0v) is 36.0. The predicted molar refractivity (Wildman–Crippen MR) is 246 cm³/mol. The molecule has 0 spiro atoms. The molecule has 0 N–H and O–H groups in total. The van der Waals surface area contributed by atoms with Gasteiger partial charge in [-0.2, -0.15) is 0 Å². The minimum atomic E-state index is 0.0580. The molecule has 0 saturated carbocycles. The van der Waals surface area contributed by atoms with Crippen LogP contribution in [0.5, 0.6) is 0 Å². The van der Waals surface area contributed by atoms with Crippen molar-refractivity contribution in [1.29, 1.82) is 0 Å². The molecule has 56 heavy (non-hydrogen) atoms. The molecule has 288 valence electrons. The van der Waals surface area contributed by atoms with Crippen LogP contribution in [0.3, 0.4) is 0 Å². The quantitative estimate of drug-likeness (QED) is 0.124. The van der Waals surface area contributed by atoms with Crippen molar-refractivity contribution < 1.29 is 0 Å². The Bertz CT molecular complexity index is 2280. The lowest BCUT2D eigenvalue weighted by molar-refractivity contribution is 0.293. The summed E-state index contributed by atoms with van der Waals surface area (Å²) in [7, 11) is 0. The van der Waals surface area contributed by atoms with Gasteiger partial charge in [-0.15, -0.1) is 0 Å². The van der Waals surface area contributed by atoms with Crippen LogP contribution >= 0.6 is 0 Å². The van der Waals surface area contributed by atoms with Gasteiger partial charge in [-0.3, -0.25) is 0 Å². The fourth-order valence-electron chi connectivity index (χ4n) is 8.13. The van der Waals surface area contributed by atoms with E-state index < -0.39 is 0 Å². The second kappa shape index (κ2) is 14.5. The Hall–Kier alpha value is -5.08. The third-order valence-electron chi connectivity index (χ3n) is 11.7. The van der Waals surface area contributed by atoms with Gasteiger partial charge in [-0.25, -0.2) is 0 Å². The van der Waals surface area contributed by atoms with Crippen molar-refractivity contribution in [3.63, 3.8) is 0 Å². The summed E-state index contributed by atoms with van der Waals surface area (Å²) in [5.74, 6) is 0.482. The molecule has 0 heterocycles. The summed E-state index contributed by atoms with van der Waals surface area (Å²) in [5.41, 5.74) is 11.4. The minimum Gasteiger partial charge on any atom is -0.310 e. The highest BCUT2D eigenvalue weighted by Crippen LogP contribution is 2.51. The molecule has 0 bridgehead atoms. The molecular weight excluding hydrogens is 677 g/mol. The van der Waals surface area contributed by atoms with E-state index in [1.165, 1.54) is 61.0 Å². The van der Waals surface area contributed by atoms with Crippen molar-refractivity contribution in [1.82, 2.24) is 0 Å². The summed E-state index contributed by atoms with van der Waals surface area (Å²) < 4.78 is 0. The largest absolute Gasteiger partial charge is 0.310 e. The maximum Gasteiger partial charge on any atom is 0.0619 e. The highest BCUT2D eigenvalue weighted by atomic mass is 15.2. The zero-order chi connectivity index (χ0) is 40.2. The first-order valence-corrected chi connectivity index (χ1v) is 20.6. The van der Waals surface area contributed by atoms with Gasteiger partial charge >= 0.3 is 0 Å². The molecule has 0 aromatic heterocycles. The summed E-state index contributed by atoms with van der Waals surface area (Å²) in [6.07, 6.45) is 8.27. The molecule has 1 aliphatic rings. The van der Waals surface area contributed by atoms with Gasteiger partial charge < -0.3 is 9.80 Å². The molecule has 0 saturated heterocycles. The maximum absolute atomic E-state index is 2.52. The first kappa shape index (κ1) is 39.2. The fourth-order valence-corrected chi connectivity index (χ4v) is 8.13. The number of hydrogen-bond donors (Lipinski definition) is 0. The van der Waals surface area contributed by atoms with E-state index in [1.54, 1.807) is 0 Å². The molecule has 0 radical (unpaired) electrons. The Morgan fingerprint density at radius 1 is 0.411 bits per heavy atom. The summed E-state index contributed by atoms with van der Waals surface area (Å²) in [6.45, 7) is 27.6. The van der Waals surface area contributed by atoms with E-state index in [4.69, 9.17) is 0 Å². The van der Waals surface area contributed by atoms with Crippen molar-refractivity contribution in [2.75, 3.05) is 9.80 Å². The van der Waals surface area contributed by atoms with Crippen LogP contribution < -0.4 is 9.80 Å². The molecule has 6 aromatic carbocycles. The van der Waals surface area contributed by atoms with E-state index >= 15 is 0 Å². The molecule has 2 heteroatoms. The lowest BCUT2D eigenvalue weighted by atomic mass is 9.77. The number of benzene rings is 6. The van der Waals surface area contributed by atoms with Crippen LogP contribution in [0.2, 0.25) is 0 Å². The number of fused-ring (bicyclic) bond motifs is 2. The Morgan fingerprint density at radius 3 is 1.02 bits per heavy atom. The lowest BCUT2D eigenvalue weighted by Crippen LogP contribution is -2.23. The van der Waals surface area contributed by atoms with Crippen LogP contribution in [-0.2, 0) is 16.2 Å². The molecule has 1 aliphatic carbocycles. The van der Waals surface area contributed by atoms with E-state index in [0.717, 1.165) is 17.8 Å². The van der Waals surface area contributed by atoms with Crippen molar-refractivity contribution in [3.05, 3.63) is 162 Å². The van der Waals surface area contributed by atoms with Crippen molar-refractivity contribution in [2.45, 2.75) is 106 Å². The SMILES string of the molecule is CC(C)(C)c1ccc(N(C2=CCC(C(C)(C)C)C=C2)c2c3ccccc3c(N(c3ccc(C(C)(C)C)cc3)c3ccc(C(C)(C)C)cc3)c3ccccc23)cc1. The van der Waals surface area contributed by atoms with Gasteiger partial charge in [0.1, 0.15) is 0 Å². The van der Waals surface area contributed by atoms with Gasteiger partial charge in [0.15, 0.2) is 0 Å². The average molecular weight is 739 g/mol. The Kier molecular flexibility index (Phi) is 10.1. The third kappa shape index (κ3) is 7.68. The number of nitrogens with zero attached hydrogens (tertiary/aromatic N) is 2. The van der Waals surface area contributed by atoms with Gasteiger partial charge in [0, 0.05) is 44.3 Å². The van der Waals surface area contributed by atoms with Gasteiger partial charge in [-0.1, -0.05) is 180 Å². The number of anilines is 5. The third-order valence-corrected chi connectivity index (χ3v) is 11.7. The van der Waals surface area contributed by atoms with E-state index in [2.05, 4.69) is 232 Å². The number of allylic oxidation sites excluding steroid dienone is 3. The molecule has 2 nitrogen and oxygen atoms in total. The Morgan fingerprint density at radius 2 is 0.732 bits per heavy atom. The molecule has 0 amide bonds. The summed E-state index contributed by atoms with van der Waals surface area (Å²) >= 11 is 0. The van der Waals surface area contributed by atoms with Gasteiger partial charge in [0.25, 0.3) is 0 Å². The topological polar surface area (TPSA) is 6.48 Å². The van der Waals surface area contributed by atoms with E-state index in [0.29, 0.717) is 5.92 Å². The summed E-state index contributed by atoms with van der Waals surface area (Å²) in [4.78, 5) is 5.01. The fraction of sp³-hybridized carbons (Fsp3) is 0.333.